The van der Waals surface area contributed by atoms with E-state index < -0.39 is 5.92 Å². The minimum absolute atomic E-state index is 0.00143. The van der Waals surface area contributed by atoms with Gasteiger partial charge in [-0.25, -0.2) is 9.37 Å². The second kappa shape index (κ2) is 10.0. The Hall–Kier alpha value is -4.26. The number of hydrogen-bond donors (Lipinski definition) is 2. The van der Waals surface area contributed by atoms with Gasteiger partial charge in [0.15, 0.2) is 5.78 Å². The van der Waals surface area contributed by atoms with Gasteiger partial charge in [0.25, 0.3) is 5.91 Å². The van der Waals surface area contributed by atoms with Crippen molar-refractivity contribution in [1.29, 1.82) is 0 Å². The van der Waals surface area contributed by atoms with E-state index in [-0.39, 0.29) is 23.4 Å². The highest BCUT2D eigenvalue weighted by Gasteiger charge is 2.41. The SMILES string of the molecule is COc1ccc(C2CC(=O)C3=C(C2)NC(C)=C(C(=O)Nc2ccc(C)cn2)C3c2ccc(F)cc2)cc1. The number of carbonyl (C=O) groups excluding carboxylic acids is 2. The molecule has 3 aromatic rings. The Labute approximate surface area is 215 Å². The maximum atomic E-state index is 13.8. The van der Waals surface area contributed by atoms with E-state index in [0.29, 0.717) is 41.1 Å². The molecule has 5 rings (SSSR count). The average molecular weight is 498 g/mol. The predicted molar refractivity (Wildman–Crippen MR) is 140 cm³/mol. The van der Waals surface area contributed by atoms with Crippen LogP contribution < -0.4 is 15.4 Å². The quantitative estimate of drug-likeness (QED) is 0.484. The van der Waals surface area contributed by atoms with E-state index in [1.165, 1.54) is 12.1 Å². The highest BCUT2D eigenvalue weighted by Crippen LogP contribution is 2.45. The molecule has 0 radical (unpaired) electrons. The highest BCUT2D eigenvalue weighted by atomic mass is 19.1. The average Bonchev–Trinajstić information content (AvgIpc) is 2.89. The van der Waals surface area contributed by atoms with Gasteiger partial charge in [0.2, 0.25) is 0 Å². The fourth-order valence-corrected chi connectivity index (χ4v) is 5.17. The maximum Gasteiger partial charge on any atom is 0.255 e. The van der Waals surface area contributed by atoms with Gasteiger partial charge in [0.05, 0.1) is 7.11 Å². The Morgan fingerprint density at radius 3 is 2.35 bits per heavy atom. The van der Waals surface area contributed by atoms with Crippen molar-refractivity contribution in [3.8, 4) is 5.75 Å². The number of carbonyl (C=O) groups is 2. The van der Waals surface area contributed by atoms with Crippen LogP contribution in [0.2, 0.25) is 0 Å². The van der Waals surface area contributed by atoms with E-state index in [0.717, 1.165) is 22.6 Å². The van der Waals surface area contributed by atoms with Crippen LogP contribution in [0.1, 0.15) is 48.3 Å². The van der Waals surface area contributed by atoms with Gasteiger partial charge in [-0.1, -0.05) is 30.3 Å². The maximum absolute atomic E-state index is 13.8. The topological polar surface area (TPSA) is 80.3 Å². The molecule has 0 bridgehead atoms. The largest absolute Gasteiger partial charge is 0.497 e. The van der Waals surface area contributed by atoms with Crippen LogP contribution >= 0.6 is 0 Å². The van der Waals surface area contributed by atoms with Crippen LogP contribution in [0.15, 0.2) is 89.4 Å². The monoisotopic (exact) mass is 497 g/mol. The van der Waals surface area contributed by atoms with Crippen molar-refractivity contribution in [2.24, 2.45) is 0 Å². The number of aryl methyl sites for hydroxylation is 1. The lowest BCUT2D eigenvalue weighted by molar-refractivity contribution is -0.116. The smallest absolute Gasteiger partial charge is 0.255 e. The van der Waals surface area contributed by atoms with Gasteiger partial charge in [-0.2, -0.15) is 0 Å². The normalized spacial score (nSPS) is 19.3. The molecule has 0 saturated heterocycles. The second-order valence-electron chi connectivity index (χ2n) is 9.52. The Morgan fingerprint density at radius 2 is 1.70 bits per heavy atom. The number of dihydropyridines is 1. The number of nitrogens with one attached hydrogen (secondary N) is 2. The first-order valence-electron chi connectivity index (χ1n) is 12.2. The molecule has 2 N–H and O–H groups in total. The molecule has 2 unspecified atom stereocenters. The van der Waals surface area contributed by atoms with E-state index in [1.54, 1.807) is 31.5 Å². The zero-order valence-corrected chi connectivity index (χ0v) is 21.0. The molecule has 2 aromatic carbocycles. The molecule has 6 nitrogen and oxygen atoms in total. The van der Waals surface area contributed by atoms with E-state index >= 15 is 0 Å². The number of ketones is 1. The Morgan fingerprint density at radius 1 is 1.00 bits per heavy atom. The summed E-state index contributed by atoms with van der Waals surface area (Å²) in [5.74, 6) is -0.206. The summed E-state index contributed by atoms with van der Waals surface area (Å²) in [6.45, 7) is 3.75. The highest BCUT2D eigenvalue weighted by molar-refractivity contribution is 6.09. The molecule has 2 atom stereocenters. The Kier molecular flexibility index (Phi) is 6.61. The molecule has 1 aromatic heterocycles. The molecule has 0 spiro atoms. The summed E-state index contributed by atoms with van der Waals surface area (Å²) in [6.07, 6.45) is 2.62. The number of allylic oxidation sites excluding steroid dienone is 3. The third kappa shape index (κ3) is 4.89. The van der Waals surface area contributed by atoms with Crippen LogP contribution in [0.3, 0.4) is 0 Å². The molecule has 37 heavy (non-hydrogen) atoms. The minimum atomic E-state index is -0.619. The fraction of sp³-hybridized carbons (Fsp3) is 0.233. The van der Waals surface area contributed by atoms with Gasteiger partial charge in [-0.3, -0.25) is 9.59 Å². The number of amides is 1. The third-order valence-electron chi connectivity index (χ3n) is 7.02. The third-order valence-corrected chi connectivity index (χ3v) is 7.02. The van der Waals surface area contributed by atoms with E-state index in [9.17, 15) is 14.0 Å². The summed E-state index contributed by atoms with van der Waals surface area (Å²) in [6, 6.07) is 17.4. The van der Waals surface area contributed by atoms with Gasteiger partial charge in [-0.05, 0) is 73.2 Å². The van der Waals surface area contributed by atoms with Crippen LogP contribution in [0.25, 0.3) is 0 Å². The number of Topliss-reactive ketones (excluding diaryl/α,β-unsaturated/α-hetero) is 1. The summed E-state index contributed by atoms with van der Waals surface area (Å²) >= 11 is 0. The standard InChI is InChI=1S/C30H28FN3O3/c1-17-4-13-26(32-16-17)34-30(36)27-18(2)33-24-14-21(19-7-11-23(37-3)12-8-19)15-25(35)29(24)28(27)20-5-9-22(31)10-6-20/h4-13,16,21,28,33H,14-15H2,1-3H3,(H,32,34,36). The number of halogens is 1. The summed E-state index contributed by atoms with van der Waals surface area (Å²) < 4.78 is 19.1. The van der Waals surface area contributed by atoms with Crippen molar-refractivity contribution >= 4 is 17.5 Å². The van der Waals surface area contributed by atoms with Crippen LogP contribution in [0, 0.1) is 12.7 Å². The van der Waals surface area contributed by atoms with Crippen molar-refractivity contribution < 1.29 is 18.7 Å². The molecule has 1 amide bonds. The second-order valence-corrected chi connectivity index (χ2v) is 9.52. The molecule has 1 aliphatic heterocycles. The van der Waals surface area contributed by atoms with Crippen LogP contribution in [0.5, 0.6) is 5.75 Å². The van der Waals surface area contributed by atoms with Crippen molar-refractivity contribution in [1.82, 2.24) is 10.3 Å². The number of methoxy groups -OCH3 is 1. The van der Waals surface area contributed by atoms with Crippen LogP contribution in [0.4, 0.5) is 10.2 Å². The molecular formula is C30H28FN3O3. The summed E-state index contributed by atoms with van der Waals surface area (Å²) in [4.78, 5) is 31.6. The summed E-state index contributed by atoms with van der Waals surface area (Å²) in [5, 5.41) is 6.23. The number of aromatic nitrogens is 1. The van der Waals surface area contributed by atoms with E-state index in [1.807, 2.05) is 44.2 Å². The fourth-order valence-electron chi connectivity index (χ4n) is 5.17. The van der Waals surface area contributed by atoms with Crippen LogP contribution in [-0.2, 0) is 9.59 Å². The molecule has 0 fully saturated rings. The summed E-state index contributed by atoms with van der Waals surface area (Å²) in [7, 11) is 1.62. The van der Waals surface area contributed by atoms with E-state index in [4.69, 9.17) is 4.74 Å². The number of benzene rings is 2. The first-order valence-corrected chi connectivity index (χ1v) is 12.2. The van der Waals surface area contributed by atoms with Gasteiger partial charge in [0, 0.05) is 41.1 Å². The molecule has 0 saturated carbocycles. The number of rotatable bonds is 5. The summed E-state index contributed by atoms with van der Waals surface area (Å²) in [5.41, 5.74) is 5.15. The van der Waals surface area contributed by atoms with Crippen molar-refractivity contribution in [3.63, 3.8) is 0 Å². The lowest BCUT2D eigenvalue weighted by atomic mass is 9.71. The van der Waals surface area contributed by atoms with E-state index in [2.05, 4.69) is 15.6 Å². The Balaban J connectivity index is 1.53. The number of pyridine rings is 1. The number of anilines is 1. The molecular weight excluding hydrogens is 469 g/mol. The molecule has 2 aliphatic rings. The molecule has 1 aliphatic carbocycles. The number of ether oxygens (including phenoxy) is 1. The molecule has 2 heterocycles. The zero-order valence-electron chi connectivity index (χ0n) is 21.0. The predicted octanol–water partition coefficient (Wildman–Crippen LogP) is 5.54. The van der Waals surface area contributed by atoms with Crippen molar-refractivity contribution in [3.05, 3.63) is 112 Å². The number of hydrogen-bond acceptors (Lipinski definition) is 5. The van der Waals surface area contributed by atoms with Crippen LogP contribution in [-0.4, -0.2) is 23.8 Å². The first kappa shape index (κ1) is 24.4. The minimum Gasteiger partial charge on any atom is -0.497 e. The zero-order chi connectivity index (χ0) is 26.1. The first-order chi connectivity index (χ1) is 17.8. The van der Waals surface area contributed by atoms with Gasteiger partial charge < -0.3 is 15.4 Å². The Bertz CT molecular complexity index is 1410. The van der Waals surface area contributed by atoms with Crippen molar-refractivity contribution in [2.45, 2.75) is 38.5 Å². The number of nitrogens with zero attached hydrogens (tertiary/aromatic N) is 1. The van der Waals surface area contributed by atoms with Gasteiger partial charge >= 0.3 is 0 Å². The lowest BCUT2D eigenvalue weighted by Crippen LogP contribution is -2.37. The lowest BCUT2D eigenvalue weighted by Gasteiger charge is -2.37. The van der Waals surface area contributed by atoms with Crippen molar-refractivity contribution in [2.75, 3.05) is 12.4 Å². The molecule has 188 valence electrons. The van der Waals surface area contributed by atoms with Gasteiger partial charge in [-0.15, -0.1) is 0 Å². The molecule has 7 heteroatoms. The van der Waals surface area contributed by atoms with Gasteiger partial charge in [0.1, 0.15) is 17.4 Å².